The Hall–Kier alpha value is -2.63. The monoisotopic (exact) mass is 424 g/mol. The van der Waals surface area contributed by atoms with Crippen molar-refractivity contribution in [2.45, 2.75) is 39.3 Å². The fourth-order valence-electron chi connectivity index (χ4n) is 3.83. The van der Waals surface area contributed by atoms with Crippen LogP contribution in [0.5, 0.6) is 0 Å². The highest BCUT2D eigenvalue weighted by Gasteiger charge is 2.25. The average molecular weight is 425 g/mol. The van der Waals surface area contributed by atoms with E-state index in [4.69, 9.17) is 20.9 Å². The van der Waals surface area contributed by atoms with Gasteiger partial charge in [-0.15, -0.1) is 0 Å². The van der Waals surface area contributed by atoms with Gasteiger partial charge in [0.15, 0.2) is 5.76 Å². The van der Waals surface area contributed by atoms with E-state index in [2.05, 4.69) is 31.1 Å². The maximum absolute atomic E-state index is 13.2. The molecule has 1 unspecified atom stereocenters. The number of benzene rings is 2. The lowest BCUT2D eigenvalue weighted by Crippen LogP contribution is -2.37. The molecule has 0 N–H and O–H groups in total. The summed E-state index contributed by atoms with van der Waals surface area (Å²) < 4.78 is 11.4. The number of carbonyl (C=O) groups is 1. The molecule has 0 spiro atoms. The number of hydrogen-bond donors (Lipinski definition) is 0. The largest absolute Gasteiger partial charge is 0.376 e. The van der Waals surface area contributed by atoms with E-state index in [9.17, 15) is 4.79 Å². The van der Waals surface area contributed by atoms with Gasteiger partial charge in [0, 0.05) is 35.4 Å². The number of nitrogens with zero attached hydrogens (tertiary/aromatic N) is 2. The van der Waals surface area contributed by atoms with Gasteiger partial charge in [-0.2, -0.15) is 0 Å². The second kappa shape index (κ2) is 9.02. The maximum atomic E-state index is 13.2. The van der Waals surface area contributed by atoms with Crippen LogP contribution in [0.1, 0.15) is 40.0 Å². The van der Waals surface area contributed by atoms with Crippen molar-refractivity contribution in [3.05, 3.63) is 75.9 Å². The first kappa shape index (κ1) is 20.6. The Balaban J connectivity index is 1.56. The second-order valence-electron chi connectivity index (χ2n) is 7.83. The lowest BCUT2D eigenvalue weighted by molar-refractivity contribution is 0.0502. The van der Waals surface area contributed by atoms with Gasteiger partial charge in [0.2, 0.25) is 0 Å². The van der Waals surface area contributed by atoms with Gasteiger partial charge in [0.05, 0.1) is 12.6 Å². The van der Waals surface area contributed by atoms with E-state index in [1.807, 2.05) is 12.1 Å². The Kier molecular flexibility index (Phi) is 6.21. The summed E-state index contributed by atoms with van der Waals surface area (Å²) in [5.41, 5.74) is 4.65. The first-order valence-electron chi connectivity index (χ1n) is 10.2. The third-order valence-electron chi connectivity index (χ3n) is 5.39. The van der Waals surface area contributed by atoms with Crippen LogP contribution in [0.2, 0.25) is 5.02 Å². The number of amides is 1. The molecule has 1 saturated heterocycles. The number of aromatic nitrogens is 1. The van der Waals surface area contributed by atoms with E-state index in [0.717, 1.165) is 30.6 Å². The van der Waals surface area contributed by atoms with Crippen LogP contribution in [-0.2, 0) is 11.3 Å². The summed E-state index contributed by atoms with van der Waals surface area (Å²) in [6, 6.07) is 15.1. The highest BCUT2D eigenvalue weighted by atomic mass is 35.5. The standard InChI is InChI=1S/C24H25ClN2O3/c1-16-5-10-22(17(2)12-16)23-13-20(26-30-23)14-27(15-21-4-3-11-29-21)24(28)18-6-8-19(25)9-7-18/h5-10,12-13,21H,3-4,11,14-15H2,1-2H3. The molecule has 6 heteroatoms. The molecule has 1 amide bonds. The van der Waals surface area contributed by atoms with Gasteiger partial charge < -0.3 is 14.2 Å². The van der Waals surface area contributed by atoms with E-state index >= 15 is 0 Å². The van der Waals surface area contributed by atoms with Gasteiger partial charge in [-0.1, -0.05) is 40.5 Å². The molecule has 30 heavy (non-hydrogen) atoms. The molecular formula is C24H25ClN2O3. The zero-order valence-corrected chi connectivity index (χ0v) is 18.0. The minimum Gasteiger partial charge on any atom is -0.376 e. The van der Waals surface area contributed by atoms with E-state index in [0.29, 0.717) is 35.1 Å². The Morgan fingerprint density at radius 2 is 1.97 bits per heavy atom. The van der Waals surface area contributed by atoms with Crippen LogP contribution in [0.3, 0.4) is 0 Å². The predicted octanol–water partition coefficient (Wildman–Crippen LogP) is 5.43. The summed E-state index contributed by atoms with van der Waals surface area (Å²) in [6.45, 7) is 5.74. The average Bonchev–Trinajstić information content (AvgIpc) is 3.40. The third kappa shape index (κ3) is 4.74. The van der Waals surface area contributed by atoms with Gasteiger partial charge in [-0.3, -0.25) is 4.79 Å². The minimum atomic E-state index is -0.0711. The van der Waals surface area contributed by atoms with Crippen molar-refractivity contribution < 1.29 is 14.1 Å². The van der Waals surface area contributed by atoms with E-state index in [1.165, 1.54) is 5.56 Å². The number of halogens is 1. The fraction of sp³-hybridized carbons (Fsp3) is 0.333. The molecule has 1 aliphatic rings. The van der Waals surface area contributed by atoms with Gasteiger partial charge >= 0.3 is 0 Å². The molecule has 0 radical (unpaired) electrons. The van der Waals surface area contributed by atoms with Gasteiger partial charge in [-0.25, -0.2) is 0 Å². The first-order chi connectivity index (χ1) is 14.5. The Bertz CT molecular complexity index is 1020. The molecule has 2 aromatic carbocycles. The van der Waals surface area contributed by atoms with E-state index in [1.54, 1.807) is 29.2 Å². The smallest absolute Gasteiger partial charge is 0.254 e. The van der Waals surface area contributed by atoms with Crippen LogP contribution in [0.15, 0.2) is 53.1 Å². The van der Waals surface area contributed by atoms with Crippen molar-refractivity contribution in [1.29, 1.82) is 0 Å². The van der Waals surface area contributed by atoms with Crippen molar-refractivity contribution in [3.63, 3.8) is 0 Å². The summed E-state index contributed by atoms with van der Waals surface area (Å²) in [5, 5.41) is 4.83. The Morgan fingerprint density at radius 3 is 2.67 bits per heavy atom. The minimum absolute atomic E-state index is 0.0481. The molecule has 0 aliphatic carbocycles. The van der Waals surface area contributed by atoms with Crippen LogP contribution in [0, 0.1) is 13.8 Å². The molecule has 1 atom stereocenters. The molecule has 1 fully saturated rings. The third-order valence-corrected chi connectivity index (χ3v) is 5.64. The molecule has 5 nitrogen and oxygen atoms in total. The Labute approximate surface area is 181 Å². The van der Waals surface area contributed by atoms with Crippen LogP contribution in [0.25, 0.3) is 11.3 Å². The highest BCUT2D eigenvalue weighted by molar-refractivity contribution is 6.30. The maximum Gasteiger partial charge on any atom is 0.254 e. The number of ether oxygens (including phenoxy) is 1. The lowest BCUT2D eigenvalue weighted by Gasteiger charge is -2.24. The summed E-state index contributed by atoms with van der Waals surface area (Å²) >= 11 is 5.98. The van der Waals surface area contributed by atoms with Gasteiger partial charge in [-0.05, 0) is 56.5 Å². The van der Waals surface area contributed by atoms with Crippen molar-refractivity contribution >= 4 is 17.5 Å². The van der Waals surface area contributed by atoms with E-state index < -0.39 is 0 Å². The SMILES string of the molecule is Cc1ccc(-c2cc(CN(CC3CCCO3)C(=O)c3ccc(Cl)cc3)no2)c(C)c1. The fourth-order valence-corrected chi connectivity index (χ4v) is 3.95. The summed E-state index contributed by atoms with van der Waals surface area (Å²) in [7, 11) is 0. The summed E-state index contributed by atoms with van der Waals surface area (Å²) in [6.07, 6.45) is 2.03. The highest BCUT2D eigenvalue weighted by Crippen LogP contribution is 2.26. The zero-order valence-electron chi connectivity index (χ0n) is 17.2. The van der Waals surface area contributed by atoms with Crippen LogP contribution >= 0.6 is 11.6 Å². The quantitative estimate of drug-likeness (QED) is 0.529. The van der Waals surface area contributed by atoms with Crippen molar-refractivity contribution in [3.8, 4) is 11.3 Å². The first-order valence-corrected chi connectivity index (χ1v) is 10.6. The summed E-state index contributed by atoms with van der Waals surface area (Å²) in [4.78, 5) is 15.0. The lowest BCUT2D eigenvalue weighted by atomic mass is 10.0. The van der Waals surface area contributed by atoms with E-state index in [-0.39, 0.29) is 12.0 Å². The van der Waals surface area contributed by atoms with Crippen molar-refractivity contribution in [2.24, 2.45) is 0 Å². The predicted molar refractivity (Wildman–Crippen MR) is 117 cm³/mol. The number of carbonyl (C=O) groups excluding carboxylic acids is 1. The molecule has 0 saturated carbocycles. The molecule has 3 aromatic rings. The molecule has 156 valence electrons. The molecule has 1 aliphatic heterocycles. The zero-order chi connectivity index (χ0) is 21.1. The normalized spacial score (nSPS) is 16.0. The second-order valence-corrected chi connectivity index (χ2v) is 8.26. The topological polar surface area (TPSA) is 55.6 Å². The van der Waals surface area contributed by atoms with Crippen LogP contribution in [0.4, 0.5) is 0 Å². The molecule has 1 aromatic heterocycles. The molecule has 4 rings (SSSR count). The van der Waals surface area contributed by atoms with Gasteiger partial charge in [0.1, 0.15) is 5.69 Å². The van der Waals surface area contributed by atoms with Gasteiger partial charge in [0.25, 0.3) is 5.91 Å². The molecule has 2 heterocycles. The number of aryl methyl sites for hydroxylation is 2. The molecule has 0 bridgehead atoms. The van der Waals surface area contributed by atoms with Crippen molar-refractivity contribution in [2.75, 3.05) is 13.2 Å². The number of rotatable bonds is 6. The Morgan fingerprint density at radius 1 is 1.17 bits per heavy atom. The molecular weight excluding hydrogens is 400 g/mol. The summed E-state index contributed by atoms with van der Waals surface area (Å²) in [5.74, 6) is 0.636. The van der Waals surface area contributed by atoms with Crippen molar-refractivity contribution in [1.82, 2.24) is 10.1 Å². The van der Waals surface area contributed by atoms with Crippen LogP contribution < -0.4 is 0 Å². The van der Waals surface area contributed by atoms with Crippen LogP contribution in [-0.4, -0.2) is 35.2 Å². The number of hydrogen-bond acceptors (Lipinski definition) is 4.